The fourth-order valence-electron chi connectivity index (χ4n) is 0.965. The van der Waals surface area contributed by atoms with Crippen LogP contribution >= 0.6 is 23.2 Å². The highest BCUT2D eigenvalue weighted by molar-refractivity contribution is 6.39. The number of rotatable bonds is 1. The van der Waals surface area contributed by atoms with Gasteiger partial charge in [0, 0.05) is 0 Å². The van der Waals surface area contributed by atoms with Crippen molar-refractivity contribution in [2.45, 2.75) is 6.18 Å². The van der Waals surface area contributed by atoms with Crippen molar-refractivity contribution in [1.82, 2.24) is 0 Å². The molecule has 0 aliphatic heterocycles. The Kier molecular flexibility index (Phi) is 3.54. The van der Waals surface area contributed by atoms with Crippen LogP contribution in [0.4, 0.5) is 18.9 Å². The van der Waals surface area contributed by atoms with E-state index in [1.54, 1.807) is 0 Å². The maximum absolute atomic E-state index is 12.3. The summed E-state index contributed by atoms with van der Waals surface area (Å²) < 4.78 is 37.0. The molecule has 8 heteroatoms. The van der Waals surface area contributed by atoms with E-state index < -0.39 is 11.7 Å². The van der Waals surface area contributed by atoms with Crippen LogP contribution in [0.1, 0.15) is 5.56 Å². The molecule has 0 spiro atoms. The number of hydrogen-bond donors (Lipinski definition) is 2. The Hall–Kier alpha value is -1.14. The van der Waals surface area contributed by atoms with Gasteiger partial charge in [-0.25, -0.2) is 4.99 Å². The largest absolute Gasteiger partial charge is 0.416 e. The van der Waals surface area contributed by atoms with E-state index in [9.17, 15) is 13.2 Å². The van der Waals surface area contributed by atoms with Crippen LogP contribution in [0.25, 0.3) is 0 Å². The van der Waals surface area contributed by atoms with Crippen LogP contribution in [0, 0.1) is 0 Å². The molecule has 0 heterocycles. The third-order valence-corrected chi connectivity index (χ3v) is 2.16. The Morgan fingerprint density at radius 1 is 1.12 bits per heavy atom. The monoisotopic (exact) mass is 271 g/mol. The van der Waals surface area contributed by atoms with Gasteiger partial charge in [-0.3, -0.25) is 0 Å². The maximum Gasteiger partial charge on any atom is 0.416 e. The van der Waals surface area contributed by atoms with Gasteiger partial charge in [0.1, 0.15) is 5.69 Å². The lowest BCUT2D eigenvalue weighted by Crippen LogP contribution is -2.22. The van der Waals surface area contributed by atoms with Crippen LogP contribution in [-0.2, 0) is 6.18 Å². The molecule has 0 saturated heterocycles. The minimum absolute atomic E-state index is 0.0867. The summed E-state index contributed by atoms with van der Waals surface area (Å²) in [6.45, 7) is 0. The predicted octanol–water partition coefficient (Wildman–Crippen LogP) is 2.92. The molecule has 1 aromatic carbocycles. The Labute approximate surface area is 98.8 Å². The quantitative estimate of drug-likeness (QED) is 0.609. The summed E-state index contributed by atoms with van der Waals surface area (Å²) in [5.74, 6) is -0.344. The molecule has 0 saturated carbocycles. The van der Waals surface area contributed by atoms with Crippen LogP contribution in [0.5, 0.6) is 0 Å². The third kappa shape index (κ3) is 2.93. The van der Waals surface area contributed by atoms with Gasteiger partial charge in [0.05, 0.1) is 15.6 Å². The Bertz CT molecular complexity index is 416. The Morgan fingerprint density at radius 3 is 1.88 bits per heavy atom. The lowest BCUT2D eigenvalue weighted by atomic mass is 10.2. The molecule has 16 heavy (non-hydrogen) atoms. The molecule has 0 aliphatic rings. The van der Waals surface area contributed by atoms with E-state index >= 15 is 0 Å². The molecule has 0 radical (unpaired) electrons. The topological polar surface area (TPSA) is 64.4 Å². The predicted molar refractivity (Wildman–Crippen MR) is 56.9 cm³/mol. The van der Waals surface area contributed by atoms with E-state index in [-0.39, 0.29) is 21.7 Å². The number of nitrogens with two attached hydrogens (primary N) is 2. The van der Waals surface area contributed by atoms with Crippen molar-refractivity contribution in [3.8, 4) is 0 Å². The fourth-order valence-corrected chi connectivity index (χ4v) is 1.54. The van der Waals surface area contributed by atoms with Gasteiger partial charge < -0.3 is 11.5 Å². The summed E-state index contributed by atoms with van der Waals surface area (Å²) in [7, 11) is 0. The lowest BCUT2D eigenvalue weighted by molar-refractivity contribution is -0.137. The van der Waals surface area contributed by atoms with E-state index in [0.29, 0.717) is 12.1 Å². The number of nitrogens with zero attached hydrogens (tertiary/aromatic N) is 1. The molecule has 4 N–H and O–H groups in total. The van der Waals surface area contributed by atoms with Crippen molar-refractivity contribution in [1.29, 1.82) is 0 Å². The van der Waals surface area contributed by atoms with Crippen LogP contribution < -0.4 is 11.5 Å². The average molecular weight is 272 g/mol. The van der Waals surface area contributed by atoms with Gasteiger partial charge in [0.25, 0.3) is 0 Å². The van der Waals surface area contributed by atoms with Crippen molar-refractivity contribution < 1.29 is 13.2 Å². The van der Waals surface area contributed by atoms with E-state index in [1.165, 1.54) is 0 Å². The van der Waals surface area contributed by atoms with E-state index in [1.807, 2.05) is 0 Å². The lowest BCUT2D eigenvalue weighted by Gasteiger charge is -2.09. The molecule has 0 fully saturated rings. The Balaban J connectivity index is 3.34. The average Bonchev–Trinajstić information content (AvgIpc) is 2.09. The molecule has 1 rings (SSSR count). The van der Waals surface area contributed by atoms with Crippen LogP contribution in [-0.4, -0.2) is 5.96 Å². The SMILES string of the molecule is NC(N)=Nc1c(Cl)cc(C(F)(F)F)cc1Cl. The number of benzene rings is 1. The highest BCUT2D eigenvalue weighted by atomic mass is 35.5. The van der Waals surface area contributed by atoms with Crippen molar-refractivity contribution in [3.05, 3.63) is 27.7 Å². The van der Waals surface area contributed by atoms with Crippen molar-refractivity contribution in [2.75, 3.05) is 0 Å². The molecule has 0 aliphatic carbocycles. The summed E-state index contributed by atoms with van der Waals surface area (Å²) in [4.78, 5) is 3.52. The first kappa shape index (κ1) is 12.9. The van der Waals surface area contributed by atoms with E-state index in [2.05, 4.69) is 4.99 Å². The van der Waals surface area contributed by atoms with Gasteiger partial charge in [0.15, 0.2) is 5.96 Å². The summed E-state index contributed by atoms with van der Waals surface area (Å²) in [6, 6.07) is 1.41. The summed E-state index contributed by atoms with van der Waals surface area (Å²) in [6.07, 6.45) is -4.52. The minimum Gasteiger partial charge on any atom is -0.370 e. The molecular formula is C8H6Cl2F3N3. The zero-order valence-corrected chi connectivity index (χ0v) is 9.16. The third-order valence-electron chi connectivity index (χ3n) is 1.59. The van der Waals surface area contributed by atoms with Crippen molar-refractivity contribution in [3.63, 3.8) is 0 Å². The van der Waals surface area contributed by atoms with Crippen LogP contribution in [0.2, 0.25) is 10.0 Å². The first-order valence-electron chi connectivity index (χ1n) is 3.87. The molecule has 0 aromatic heterocycles. The molecule has 0 atom stereocenters. The second kappa shape index (κ2) is 4.39. The minimum atomic E-state index is -4.52. The normalized spacial score (nSPS) is 11.3. The van der Waals surface area contributed by atoms with Crippen molar-refractivity contribution in [2.24, 2.45) is 16.5 Å². The standard InChI is InChI=1S/C8H6Cl2F3N3/c9-4-1-3(8(11,12)13)2-5(10)6(4)16-7(14)15/h1-2H,(H4,14,15,16). The fraction of sp³-hybridized carbons (Fsp3) is 0.125. The molecule has 0 bridgehead atoms. The van der Waals surface area contributed by atoms with Crippen LogP contribution in [0.15, 0.2) is 17.1 Å². The number of hydrogen-bond acceptors (Lipinski definition) is 1. The Morgan fingerprint density at radius 2 is 1.56 bits per heavy atom. The molecule has 1 aromatic rings. The smallest absolute Gasteiger partial charge is 0.370 e. The first-order valence-corrected chi connectivity index (χ1v) is 4.63. The van der Waals surface area contributed by atoms with Gasteiger partial charge >= 0.3 is 6.18 Å². The maximum atomic E-state index is 12.3. The van der Waals surface area contributed by atoms with Crippen molar-refractivity contribution >= 4 is 34.8 Å². The summed E-state index contributed by atoms with van der Waals surface area (Å²) in [5, 5.41) is -0.540. The van der Waals surface area contributed by atoms with Crippen LogP contribution in [0.3, 0.4) is 0 Å². The highest BCUT2D eigenvalue weighted by Crippen LogP contribution is 2.39. The second-order valence-electron chi connectivity index (χ2n) is 2.82. The van der Waals surface area contributed by atoms with E-state index in [4.69, 9.17) is 34.7 Å². The molecular weight excluding hydrogens is 266 g/mol. The highest BCUT2D eigenvalue weighted by Gasteiger charge is 2.31. The first-order chi connectivity index (χ1) is 7.21. The molecule has 0 amide bonds. The van der Waals surface area contributed by atoms with Gasteiger partial charge in [-0.2, -0.15) is 13.2 Å². The zero-order chi connectivity index (χ0) is 12.5. The molecule has 0 unspecified atom stereocenters. The molecule has 3 nitrogen and oxygen atoms in total. The van der Waals surface area contributed by atoms with Gasteiger partial charge in [-0.1, -0.05) is 23.2 Å². The van der Waals surface area contributed by atoms with Gasteiger partial charge in [0.2, 0.25) is 0 Å². The number of alkyl halides is 3. The van der Waals surface area contributed by atoms with Gasteiger partial charge in [-0.15, -0.1) is 0 Å². The summed E-state index contributed by atoms with van der Waals surface area (Å²) in [5.41, 5.74) is 9.10. The molecule has 88 valence electrons. The van der Waals surface area contributed by atoms with Gasteiger partial charge in [-0.05, 0) is 12.1 Å². The number of halogens is 5. The number of aliphatic imine (C=N–C) groups is 1. The van der Waals surface area contributed by atoms with E-state index in [0.717, 1.165) is 0 Å². The zero-order valence-electron chi connectivity index (χ0n) is 7.65. The summed E-state index contributed by atoms with van der Waals surface area (Å²) >= 11 is 11.2. The number of guanidine groups is 1. The second-order valence-corrected chi connectivity index (χ2v) is 3.64.